The molecule has 0 amide bonds. The Hall–Kier alpha value is -3.56. The fourth-order valence-corrected chi connectivity index (χ4v) is 4.08. The highest BCUT2D eigenvalue weighted by Crippen LogP contribution is 2.20. The lowest BCUT2D eigenvalue weighted by Crippen LogP contribution is -2.33. The Morgan fingerprint density at radius 2 is 1.33 bits per heavy atom. The maximum atomic E-state index is 11.8. The topological polar surface area (TPSA) is 110 Å². The predicted octanol–water partition coefficient (Wildman–Crippen LogP) is 2.41. The van der Waals surface area contributed by atoms with Gasteiger partial charge in [0.2, 0.25) is 0 Å². The molecule has 0 saturated carbocycles. The molecule has 0 N–H and O–H groups in total. The van der Waals surface area contributed by atoms with Gasteiger partial charge in [-0.15, -0.1) is 0 Å². The van der Waals surface area contributed by atoms with Crippen molar-refractivity contribution in [3.8, 4) is 0 Å². The van der Waals surface area contributed by atoms with E-state index in [1.807, 2.05) is 24.3 Å². The van der Waals surface area contributed by atoms with Crippen LogP contribution in [0.25, 0.3) is 0 Å². The summed E-state index contributed by atoms with van der Waals surface area (Å²) in [6, 6.07) is 6.70. The minimum Gasteiger partial charge on any atom is -0.467 e. The molecule has 2 aliphatic heterocycles. The van der Waals surface area contributed by atoms with Crippen molar-refractivity contribution in [2.75, 3.05) is 27.3 Å². The molecule has 33 heavy (non-hydrogen) atoms. The lowest BCUT2D eigenvalue weighted by Gasteiger charge is -2.18. The lowest BCUT2D eigenvalue weighted by molar-refractivity contribution is -0.146. The summed E-state index contributed by atoms with van der Waals surface area (Å²) in [4.78, 5) is 23.6. The first-order chi connectivity index (χ1) is 16.1. The standard InChI is InChI=1S/C23H28N4O6/c1-30-22(28)20-5-3-11-26(20)24-14-18-9-7-16(32-18)13-17-8-10-19(33-17)15-25-27-12-4-6-21(27)23(29)31-2/h7-10,14-15,20-21H,3-6,11-13H2,1-2H3. The zero-order valence-electron chi connectivity index (χ0n) is 18.8. The van der Waals surface area contributed by atoms with Gasteiger partial charge in [0.1, 0.15) is 35.1 Å². The zero-order valence-corrected chi connectivity index (χ0v) is 18.8. The summed E-state index contributed by atoms with van der Waals surface area (Å²) in [5.41, 5.74) is 0. The number of esters is 2. The Morgan fingerprint density at radius 1 is 0.879 bits per heavy atom. The summed E-state index contributed by atoms with van der Waals surface area (Å²) < 4.78 is 21.3. The molecule has 2 fully saturated rings. The monoisotopic (exact) mass is 456 g/mol. The Morgan fingerprint density at radius 3 is 1.76 bits per heavy atom. The number of methoxy groups -OCH3 is 2. The molecule has 4 heterocycles. The number of furan rings is 2. The van der Waals surface area contributed by atoms with Crippen molar-refractivity contribution in [3.63, 3.8) is 0 Å². The van der Waals surface area contributed by atoms with E-state index >= 15 is 0 Å². The van der Waals surface area contributed by atoms with E-state index in [0.717, 1.165) is 37.2 Å². The van der Waals surface area contributed by atoms with Crippen LogP contribution in [-0.2, 0) is 25.5 Å². The molecule has 0 bridgehead atoms. The summed E-state index contributed by atoms with van der Waals surface area (Å²) in [7, 11) is 2.78. The summed E-state index contributed by atoms with van der Waals surface area (Å²) >= 11 is 0. The number of hydrogen-bond acceptors (Lipinski definition) is 10. The largest absolute Gasteiger partial charge is 0.467 e. The first-order valence-electron chi connectivity index (χ1n) is 11.0. The second kappa shape index (κ2) is 10.4. The van der Waals surface area contributed by atoms with E-state index in [0.29, 0.717) is 31.0 Å². The molecule has 2 aromatic rings. The summed E-state index contributed by atoms with van der Waals surface area (Å²) in [5.74, 6) is 2.10. The van der Waals surface area contributed by atoms with E-state index in [-0.39, 0.29) is 24.0 Å². The molecule has 0 aliphatic carbocycles. The van der Waals surface area contributed by atoms with Gasteiger partial charge in [-0.2, -0.15) is 10.2 Å². The van der Waals surface area contributed by atoms with E-state index in [1.165, 1.54) is 14.2 Å². The van der Waals surface area contributed by atoms with Crippen LogP contribution in [0.5, 0.6) is 0 Å². The smallest absolute Gasteiger partial charge is 0.330 e. The maximum Gasteiger partial charge on any atom is 0.330 e. The van der Waals surface area contributed by atoms with Crippen LogP contribution in [0.1, 0.15) is 48.7 Å². The molecule has 176 valence electrons. The molecule has 2 saturated heterocycles. The van der Waals surface area contributed by atoms with Gasteiger partial charge in [-0.05, 0) is 49.9 Å². The van der Waals surface area contributed by atoms with Crippen molar-refractivity contribution >= 4 is 24.4 Å². The van der Waals surface area contributed by atoms with Crippen LogP contribution in [-0.4, -0.2) is 73.8 Å². The fourth-order valence-electron chi connectivity index (χ4n) is 4.08. The van der Waals surface area contributed by atoms with Crippen molar-refractivity contribution in [1.29, 1.82) is 0 Å². The van der Waals surface area contributed by atoms with Gasteiger partial charge in [0, 0.05) is 13.1 Å². The number of rotatable bonds is 8. The molecule has 4 rings (SSSR count). The minimum absolute atomic E-state index is 0.271. The highest BCUT2D eigenvalue weighted by atomic mass is 16.5. The van der Waals surface area contributed by atoms with Crippen molar-refractivity contribution in [2.24, 2.45) is 10.2 Å². The van der Waals surface area contributed by atoms with Crippen LogP contribution in [0.3, 0.4) is 0 Å². The Labute approximate surface area is 191 Å². The number of carbonyl (C=O) groups is 2. The third-order valence-corrected chi connectivity index (χ3v) is 5.78. The Bertz CT molecular complexity index is 946. The van der Waals surface area contributed by atoms with Crippen LogP contribution in [0.2, 0.25) is 0 Å². The van der Waals surface area contributed by atoms with E-state index in [2.05, 4.69) is 10.2 Å². The highest BCUT2D eigenvalue weighted by molar-refractivity contribution is 5.79. The third-order valence-electron chi connectivity index (χ3n) is 5.78. The second-order valence-corrected chi connectivity index (χ2v) is 7.96. The number of nitrogens with zero attached hydrogens (tertiary/aromatic N) is 4. The molecule has 10 heteroatoms. The summed E-state index contributed by atoms with van der Waals surface area (Å²) in [6.45, 7) is 1.41. The van der Waals surface area contributed by atoms with Crippen LogP contribution >= 0.6 is 0 Å². The van der Waals surface area contributed by atoms with Crippen LogP contribution in [0, 0.1) is 0 Å². The van der Waals surface area contributed by atoms with Gasteiger partial charge in [-0.1, -0.05) is 0 Å². The van der Waals surface area contributed by atoms with Gasteiger partial charge in [0.05, 0.1) is 33.1 Å². The SMILES string of the molecule is COC(=O)C1CCCN1N=Cc1ccc(Cc2ccc(C=NN3CCCC3C(=O)OC)o2)o1. The van der Waals surface area contributed by atoms with Crippen molar-refractivity contribution < 1.29 is 27.9 Å². The van der Waals surface area contributed by atoms with Gasteiger partial charge in [0.15, 0.2) is 0 Å². The Balaban J connectivity index is 1.33. The van der Waals surface area contributed by atoms with Gasteiger partial charge in [-0.3, -0.25) is 10.0 Å². The zero-order chi connectivity index (χ0) is 23.2. The molecule has 2 atom stereocenters. The number of carbonyl (C=O) groups excluding carboxylic acids is 2. The lowest BCUT2D eigenvalue weighted by atomic mass is 10.2. The molecule has 2 aromatic heterocycles. The van der Waals surface area contributed by atoms with E-state index in [1.54, 1.807) is 22.4 Å². The van der Waals surface area contributed by atoms with Gasteiger partial charge in [-0.25, -0.2) is 9.59 Å². The molecule has 10 nitrogen and oxygen atoms in total. The minimum atomic E-state index is -0.340. The van der Waals surface area contributed by atoms with Crippen molar-refractivity contribution in [1.82, 2.24) is 10.0 Å². The van der Waals surface area contributed by atoms with Crippen LogP contribution in [0.4, 0.5) is 0 Å². The van der Waals surface area contributed by atoms with Crippen molar-refractivity contribution in [3.05, 3.63) is 47.3 Å². The highest BCUT2D eigenvalue weighted by Gasteiger charge is 2.31. The van der Waals surface area contributed by atoms with Crippen LogP contribution in [0.15, 0.2) is 43.3 Å². The molecule has 2 unspecified atom stereocenters. The van der Waals surface area contributed by atoms with Crippen molar-refractivity contribution in [2.45, 2.75) is 44.2 Å². The molecular formula is C23H28N4O6. The van der Waals surface area contributed by atoms with E-state index in [4.69, 9.17) is 18.3 Å². The van der Waals surface area contributed by atoms with Crippen LogP contribution < -0.4 is 0 Å². The van der Waals surface area contributed by atoms with Gasteiger partial charge >= 0.3 is 11.9 Å². The first-order valence-corrected chi connectivity index (χ1v) is 11.0. The maximum absolute atomic E-state index is 11.8. The average molecular weight is 456 g/mol. The van der Waals surface area contributed by atoms with E-state index in [9.17, 15) is 9.59 Å². The quantitative estimate of drug-likeness (QED) is 0.440. The molecule has 0 aromatic carbocycles. The third kappa shape index (κ3) is 5.44. The average Bonchev–Trinajstić information content (AvgIpc) is 3.63. The molecular weight excluding hydrogens is 428 g/mol. The normalized spacial score (nSPS) is 20.9. The summed E-state index contributed by atoms with van der Waals surface area (Å²) in [6.07, 6.45) is 6.96. The molecule has 0 spiro atoms. The van der Waals surface area contributed by atoms with Gasteiger partial charge < -0.3 is 18.3 Å². The van der Waals surface area contributed by atoms with E-state index < -0.39 is 0 Å². The number of ether oxygens (including phenoxy) is 2. The number of hydrazone groups is 2. The second-order valence-electron chi connectivity index (χ2n) is 7.96. The van der Waals surface area contributed by atoms with Gasteiger partial charge in [0.25, 0.3) is 0 Å². The first kappa shape index (κ1) is 22.6. The molecule has 2 aliphatic rings. The molecule has 0 radical (unpaired) electrons. The fraction of sp³-hybridized carbons (Fsp3) is 0.478. The summed E-state index contributed by atoms with van der Waals surface area (Å²) in [5, 5.41) is 12.2. The Kier molecular flexibility index (Phi) is 7.11. The number of hydrogen-bond donors (Lipinski definition) is 0. The predicted molar refractivity (Wildman–Crippen MR) is 119 cm³/mol.